The summed E-state index contributed by atoms with van der Waals surface area (Å²) in [6.45, 7) is 5.70. The van der Waals surface area contributed by atoms with E-state index in [9.17, 15) is 12.8 Å². The highest BCUT2D eigenvalue weighted by Crippen LogP contribution is 2.36. The molecule has 0 spiro atoms. The number of sulfonamides is 1. The molecule has 1 aromatic carbocycles. The van der Waals surface area contributed by atoms with E-state index in [0.717, 1.165) is 30.9 Å². The zero-order valence-corrected chi connectivity index (χ0v) is 20.6. The predicted molar refractivity (Wildman–Crippen MR) is 129 cm³/mol. The Balaban J connectivity index is 1.44. The Kier molecular flexibility index (Phi) is 5.35. The maximum atomic E-state index is 14.7. The summed E-state index contributed by atoms with van der Waals surface area (Å²) in [6, 6.07) is 3.06. The fourth-order valence-electron chi connectivity index (χ4n) is 5.41. The van der Waals surface area contributed by atoms with Crippen LogP contribution in [0.15, 0.2) is 29.7 Å². The summed E-state index contributed by atoms with van der Waals surface area (Å²) in [5.74, 6) is 0.801. The van der Waals surface area contributed by atoms with E-state index in [0.29, 0.717) is 48.9 Å². The maximum absolute atomic E-state index is 14.7. The molecule has 35 heavy (non-hydrogen) atoms. The quantitative estimate of drug-likeness (QED) is 0.576. The Morgan fingerprint density at radius 1 is 1.23 bits per heavy atom. The number of hydrogen-bond donors (Lipinski definition) is 1. The van der Waals surface area contributed by atoms with E-state index in [2.05, 4.69) is 32.1 Å². The summed E-state index contributed by atoms with van der Waals surface area (Å²) >= 11 is 0. The molecule has 1 atom stereocenters. The Labute approximate surface area is 203 Å². The first-order valence-electron chi connectivity index (χ1n) is 11.9. The zero-order chi connectivity index (χ0) is 24.3. The van der Waals surface area contributed by atoms with Gasteiger partial charge in [-0.15, -0.1) is 0 Å². The second-order valence-electron chi connectivity index (χ2n) is 9.26. The molecule has 186 valence electrons. The van der Waals surface area contributed by atoms with Gasteiger partial charge in [0.15, 0.2) is 5.03 Å². The third-order valence-electron chi connectivity index (χ3n) is 7.22. The summed E-state index contributed by atoms with van der Waals surface area (Å²) in [4.78, 5) is 13.4. The van der Waals surface area contributed by atoms with Gasteiger partial charge in [0.25, 0.3) is 10.0 Å². The van der Waals surface area contributed by atoms with Crippen LogP contribution in [0.3, 0.4) is 0 Å². The van der Waals surface area contributed by atoms with Crippen LogP contribution in [0.2, 0.25) is 0 Å². The molecule has 1 fully saturated rings. The minimum absolute atomic E-state index is 0.00284. The first-order chi connectivity index (χ1) is 16.9. The van der Waals surface area contributed by atoms with Crippen molar-refractivity contribution in [2.24, 2.45) is 0 Å². The van der Waals surface area contributed by atoms with Crippen molar-refractivity contribution >= 4 is 27.2 Å². The molecule has 0 unspecified atom stereocenters. The molecule has 3 aliphatic heterocycles. The van der Waals surface area contributed by atoms with E-state index in [4.69, 9.17) is 4.74 Å². The van der Waals surface area contributed by atoms with Crippen molar-refractivity contribution in [2.75, 3.05) is 56.6 Å². The number of nitrogens with zero attached hydrogens (tertiary/aromatic N) is 6. The lowest BCUT2D eigenvalue weighted by Gasteiger charge is -2.44. The number of fused-ring (bicyclic) bond motifs is 3. The predicted octanol–water partition coefficient (Wildman–Crippen LogP) is 1.56. The number of anilines is 2. The average Bonchev–Trinajstić information content (AvgIpc) is 3.49. The number of benzene rings is 1. The van der Waals surface area contributed by atoms with E-state index < -0.39 is 10.0 Å². The summed E-state index contributed by atoms with van der Waals surface area (Å²) < 4.78 is 50.6. The van der Waals surface area contributed by atoms with E-state index in [-0.39, 0.29) is 23.4 Å². The highest BCUT2D eigenvalue weighted by atomic mass is 32.2. The van der Waals surface area contributed by atoms with Crippen molar-refractivity contribution in [3.8, 4) is 5.75 Å². The molecule has 6 rings (SSSR count). The number of halogens is 1. The molecular formula is C23H28FN7O3S. The Morgan fingerprint density at radius 3 is 2.91 bits per heavy atom. The molecule has 2 aromatic heterocycles. The molecule has 10 nitrogen and oxygen atoms in total. The minimum atomic E-state index is -3.80. The van der Waals surface area contributed by atoms with Gasteiger partial charge in [0.2, 0.25) is 5.95 Å². The van der Waals surface area contributed by atoms with Crippen molar-refractivity contribution in [3.05, 3.63) is 41.6 Å². The zero-order valence-electron chi connectivity index (χ0n) is 19.7. The monoisotopic (exact) mass is 501 g/mol. The van der Waals surface area contributed by atoms with Gasteiger partial charge in [-0.1, -0.05) is 6.92 Å². The van der Waals surface area contributed by atoms with Crippen molar-refractivity contribution in [3.63, 3.8) is 0 Å². The first kappa shape index (κ1) is 22.5. The Bertz CT molecular complexity index is 1410. The van der Waals surface area contributed by atoms with Crippen molar-refractivity contribution in [1.29, 1.82) is 0 Å². The third kappa shape index (κ3) is 3.54. The summed E-state index contributed by atoms with van der Waals surface area (Å²) in [7, 11) is -1.75. The van der Waals surface area contributed by atoms with Crippen molar-refractivity contribution in [1.82, 2.24) is 23.6 Å². The SMILES string of the molecule is CCN1C[C@H]2CN(C)CCN2c2cnc(NCc3c(F)ccc4c3CCO4)n3cnc(c23)S1(=O)=O. The molecule has 0 bridgehead atoms. The number of ether oxygens (including phenoxy) is 1. The lowest BCUT2D eigenvalue weighted by Crippen LogP contribution is -2.57. The topological polar surface area (TPSA) is 95.3 Å². The molecule has 3 aliphatic rings. The summed E-state index contributed by atoms with van der Waals surface area (Å²) in [6.07, 6.45) is 3.85. The fraction of sp³-hybridized carbons (Fsp3) is 0.478. The molecule has 0 saturated carbocycles. The van der Waals surface area contributed by atoms with Gasteiger partial charge in [-0.25, -0.2) is 22.8 Å². The minimum Gasteiger partial charge on any atom is -0.493 e. The van der Waals surface area contributed by atoms with Crippen LogP contribution in [0, 0.1) is 5.82 Å². The van der Waals surface area contributed by atoms with Crippen LogP contribution in [0.1, 0.15) is 18.1 Å². The number of nitrogens with one attached hydrogen (secondary N) is 1. The smallest absolute Gasteiger partial charge is 0.262 e. The van der Waals surface area contributed by atoms with Crippen LogP contribution in [0.5, 0.6) is 5.75 Å². The van der Waals surface area contributed by atoms with Crippen LogP contribution >= 0.6 is 0 Å². The van der Waals surface area contributed by atoms with E-state index in [1.807, 2.05) is 6.92 Å². The number of imidazole rings is 1. The third-order valence-corrected chi connectivity index (χ3v) is 9.10. The van der Waals surface area contributed by atoms with Crippen molar-refractivity contribution in [2.45, 2.75) is 31.0 Å². The van der Waals surface area contributed by atoms with Gasteiger partial charge in [0, 0.05) is 56.8 Å². The number of hydrogen-bond acceptors (Lipinski definition) is 8. The molecule has 1 N–H and O–H groups in total. The molecule has 0 amide bonds. The molecule has 1 saturated heterocycles. The average molecular weight is 502 g/mol. The van der Waals surface area contributed by atoms with Crippen LogP contribution in [-0.4, -0.2) is 84.4 Å². The highest BCUT2D eigenvalue weighted by Gasteiger charge is 2.39. The number of aromatic nitrogens is 3. The van der Waals surface area contributed by atoms with E-state index in [1.54, 1.807) is 16.7 Å². The summed E-state index contributed by atoms with van der Waals surface area (Å²) in [5, 5.41) is 3.24. The van der Waals surface area contributed by atoms with Gasteiger partial charge in [-0.2, -0.15) is 4.31 Å². The molecule has 0 radical (unpaired) electrons. The highest BCUT2D eigenvalue weighted by molar-refractivity contribution is 7.89. The van der Waals surface area contributed by atoms with Crippen LogP contribution in [-0.2, 0) is 23.0 Å². The fourth-order valence-corrected chi connectivity index (χ4v) is 6.99. The molecular weight excluding hydrogens is 473 g/mol. The normalized spacial score (nSPS) is 21.8. The summed E-state index contributed by atoms with van der Waals surface area (Å²) in [5.41, 5.74) is 2.63. The first-order valence-corrected chi connectivity index (χ1v) is 13.3. The molecule has 0 aliphatic carbocycles. The lowest BCUT2D eigenvalue weighted by molar-refractivity contribution is 0.243. The number of rotatable bonds is 4. The van der Waals surface area contributed by atoms with Gasteiger partial charge < -0.3 is 19.9 Å². The Morgan fingerprint density at radius 2 is 2.09 bits per heavy atom. The maximum Gasteiger partial charge on any atom is 0.262 e. The molecule has 12 heteroatoms. The number of likely N-dealkylation sites (N-methyl/N-ethyl adjacent to an activating group) is 2. The standard InChI is InChI=1S/C23H28FN7O3S/c1-3-29-13-15-12-28(2)7-8-30(15)19-11-26-23(31-14-27-22(21(19)31)35(29,32)33)25-10-17-16-6-9-34-20(16)5-4-18(17)24/h4-5,11,14-15H,3,6-10,12-13H2,1-2H3,(H,25,26)/t15-/m1/s1. The second-order valence-corrected chi connectivity index (χ2v) is 11.1. The lowest BCUT2D eigenvalue weighted by atomic mass is 10.0. The second kappa shape index (κ2) is 8.32. The molecule has 5 heterocycles. The van der Waals surface area contributed by atoms with E-state index >= 15 is 0 Å². The van der Waals surface area contributed by atoms with Gasteiger partial charge >= 0.3 is 0 Å². The van der Waals surface area contributed by atoms with Crippen LogP contribution < -0.4 is 15.0 Å². The van der Waals surface area contributed by atoms with Gasteiger partial charge in [0.1, 0.15) is 23.4 Å². The van der Waals surface area contributed by atoms with Crippen molar-refractivity contribution < 1.29 is 17.5 Å². The van der Waals surface area contributed by atoms with E-state index in [1.165, 1.54) is 16.7 Å². The van der Waals surface area contributed by atoms with Gasteiger partial charge in [-0.05, 0) is 19.2 Å². The molecule has 3 aromatic rings. The van der Waals surface area contributed by atoms with Gasteiger partial charge in [-0.3, -0.25) is 4.40 Å². The van der Waals surface area contributed by atoms with Gasteiger partial charge in [0.05, 0.1) is 24.5 Å². The van der Waals surface area contributed by atoms with Crippen LogP contribution in [0.4, 0.5) is 16.0 Å². The largest absolute Gasteiger partial charge is 0.493 e. The Hall–Kier alpha value is -2.96. The van der Waals surface area contributed by atoms with Crippen LogP contribution in [0.25, 0.3) is 5.52 Å². The number of piperazine rings is 1.